The lowest BCUT2D eigenvalue weighted by Gasteiger charge is -2.43. The highest BCUT2D eigenvalue weighted by atomic mass is 16.4. The van der Waals surface area contributed by atoms with Crippen molar-refractivity contribution < 1.29 is 9.90 Å². The fourth-order valence-corrected chi connectivity index (χ4v) is 2.93. The van der Waals surface area contributed by atoms with Gasteiger partial charge in [-0.2, -0.15) is 5.10 Å². The second-order valence-electron chi connectivity index (χ2n) is 4.94. The topological polar surface area (TPSA) is 81.1 Å². The first-order chi connectivity index (χ1) is 8.03. The molecular formula is C12H19N3O2. The Hall–Kier alpha value is -1.36. The standard InChI is InChI=1S/C12H19N3O2/c1-8-7-14-15(2)10(8)9(6-13)12(11(16)17)4-3-5-12/h7,9H,3-6,13H2,1-2H3,(H,16,17)/t9-/m0/s1. The molecule has 94 valence electrons. The maximum absolute atomic E-state index is 11.5. The van der Waals surface area contributed by atoms with Crippen LogP contribution in [0.15, 0.2) is 6.20 Å². The van der Waals surface area contributed by atoms with E-state index >= 15 is 0 Å². The van der Waals surface area contributed by atoms with Crippen molar-refractivity contribution in [2.45, 2.75) is 32.1 Å². The first kappa shape index (κ1) is 12.1. The number of hydrogen-bond donors (Lipinski definition) is 2. The zero-order chi connectivity index (χ0) is 12.6. The number of carboxylic acid groups (broad SMARTS) is 1. The number of aliphatic carboxylic acids is 1. The van der Waals surface area contributed by atoms with Gasteiger partial charge in [0.1, 0.15) is 0 Å². The van der Waals surface area contributed by atoms with Gasteiger partial charge >= 0.3 is 5.97 Å². The molecule has 2 rings (SSSR count). The number of nitrogens with zero attached hydrogens (tertiary/aromatic N) is 2. The summed E-state index contributed by atoms with van der Waals surface area (Å²) in [5.41, 5.74) is 7.15. The van der Waals surface area contributed by atoms with Crippen molar-refractivity contribution in [2.24, 2.45) is 18.2 Å². The average molecular weight is 237 g/mol. The normalized spacial score (nSPS) is 19.7. The summed E-state index contributed by atoms with van der Waals surface area (Å²) in [7, 11) is 1.85. The van der Waals surface area contributed by atoms with E-state index in [4.69, 9.17) is 5.73 Å². The first-order valence-electron chi connectivity index (χ1n) is 5.95. The van der Waals surface area contributed by atoms with Gasteiger partial charge in [-0.25, -0.2) is 0 Å². The lowest BCUT2D eigenvalue weighted by Crippen LogP contribution is -2.46. The third-order valence-corrected chi connectivity index (χ3v) is 4.08. The van der Waals surface area contributed by atoms with E-state index in [-0.39, 0.29) is 5.92 Å². The Labute approximate surface area is 101 Å². The second-order valence-corrected chi connectivity index (χ2v) is 4.94. The molecule has 0 radical (unpaired) electrons. The molecule has 17 heavy (non-hydrogen) atoms. The quantitative estimate of drug-likeness (QED) is 0.819. The monoisotopic (exact) mass is 237 g/mol. The van der Waals surface area contributed by atoms with E-state index in [1.807, 2.05) is 14.0 Å². The molecule has 0 unspecified atom stereocenters. The highest BCUT2D eigenvalue weighted by molar-refractivity contribution is 5.77. The molecule has 0 amide bonds. The van der Waals surface area contributed by atoms with Gasteiger partial charge in [-0.1, -0.05) is 6.42 Å². The van der Waals surface area contributed by atoms with Gasteiger partial charge in [0, 0.05) is 25.2 Å². The van der Waals surface area contributed by atoms with Gasteiger partial charge < -0.3 is 10.8 Å². The predicted octanol–water partition coefficient (Wildman–Crippen LogP) is 1.03. The van der Waals surface area contributed by atoms with Gasteiger partial charge in [0.25, 0.3) is 0 Å². The molecule has 0 spiro atoms. The minimum Gasteiger partial charge on any atom is -0.481 e. The lowest BCUT2D eigenvalue weighted by molar-refractivity contribution is -0.156. The van der Waals surface area contributed by atoms with Gasteiger partial charge in [0.15, 0.2) is 0 Å². The molecule has 1 atom stereocenters. The van der Waals surface area contributed by atoms with Gasteiger partial charge in [0.2, 0.25) is 0 Å². The smallest absolute Gasteiger partial charge is 0.310 e. The molecule has 0 aromatic carbocycles. The number of aryl methyl sites for hydroxylation is 2. The van der Waals surface area contributed by atoms with Crippen molar-refractivity contribution in [1.29, 1.82) is 0 Å². The van der Waals surface area contributed by atoms with E-state index in [9.17, 15) is 9.90 Å². The summed E-state index contributed by atoms with van der Waals surface area (Å²) in [6.07, 6.45) is 4.18. The lowest BCUT2D eigenvalue weighted by atomic mass is 9.59. The Bertz CT molecular complexity index is 415. The summed E-state index contributed by atoms with van der Waals surface area (Å²) in [6.45, 7) is 2.31. The summed E-state index contributed by atoms with van der Waals surface area (Å²) < 4.78 is 1.76. The van der Waals surface area contributed by atoms with Crippen LogP contribution >= 0.6 is 0 Å². The number of carbonyl (C=O) groups is 1. The molecule has 3 N–H and O–H groups in total. The molecule has 5 heteroatoms. The number of hydrogen-bond acceptors (Lipinski definition) is 3. The van der Waals surface area contributed by atoms with Crippen molar-refractivity contribution >= 4 is 5.97 Å². The molecule has 1 aromatic heterocycles. The Balaban J connectivity index is 2.43. The fourth-order valence-electron chi connectivity index (χ4n) is 2.93. The van der Waals surface area contributed by atoms with Gasteiger partial charge in [-0.15, -0.1) is 0 Å². The van der Waals surface area contributed by atoms with Crippen LogP contribution < -0.4 is 5.73 Å². The Morgan fingerprint density at radius 1 is 1.71 bits per heavy atom. The van der Waals surface area contributed by atoms with Crippen LogP contribution in [0.1, 0.15) is 36.4 Å². The average Bonchev–Trinajstić information content (AvgIpc) is 2.52. The minimum atomic E-state index is -0.722. The van der Waals surface area contributed by atoms with Crippen LogP contribution in [0, 0.1) is 12.3 Å². The van der Waals surface area contributed by atoms with Crippen LogP contribution in [0.5, 0.6) is 0 Å². The molecule has 0 bridgehead atoms. The third kappa shape index (κ3) is 1.65. The summed E-state index contributed by atoms with van der Waals surface area (Å²) >= 11 is 0. The van der Waals surface area contributed by atoms with Crippen LogP contribution in [0.25, 0.3) is 0 Å². The van der Waals surface area contributed by atoms with E-state index in [1.165, 1.54) is 0 Å². The van der Waals surface area contributed by atoms with Crippen molar-refractivity contribution in [3.05, 3.63) is 17.5 Å². The molecular weight excluding hydrogens is 218 g/mol. The molecule has 1 saturated carbocycles. The zero-order valence-corrected chi connectivity index (χ0v) is 10.3. The van der Waals surface area contributed by atoms with Crippen LogP contribution in [-0.2, 0) is 11.8 Å². The summed E-state index contributed by atoms with van der Waals surface area (Å²) in [6, 6.07) is 0. The van der Waals surface area contributed by atoms with E-state index in [2.05, 4.69) is 5.10 Å². The van der Waals surface area contributed by atoms with Crippen LogP contribution in [-0.4, -0.2) is 27.4 Å². The first-order valence-corrected chi connectivity index (χ1v) is 5.95. The summed E-state index contributed by atoms with van der Waals surface area (Å²) in [5.74, 6) is -0.860. The largest absolute Gasteiger partial charge is 0.481 e. The van der Waals surface area contributed by atoms with Crippen LogP contribution in [0.3, 0.4) is 0 Å². The van der Waals surface area contributed by atoms with Crippen LogP contribution in [0.2, 0.25) is 0 Å². The number of nitrogens with two attached hydrogens (primary N) is 1. The highest BCUT2D eigenvalue weighted by Gasteiger charge is 2.51. The van der Waals surface area contributed by atoms with Crippen LogP contribution in [0.4, 0.5) is 0 Å². The second kappa shape index (κ2) is 4.14. The SMILES string of the molecule is Cc1cnn(C)c1[C@H](CN)C1(C(=O)O)CCC1. The summed E-state index contributed by atoms with van der Waals surface area (Å²) in [4.78, 5) is 11.5. The summed E-state index contributed by atoms with van der Waals surface area (Å²) in [5, 5.41) is 13.7. The van der Waals surface area contributed by atoms with Crippen molar-refractivity contribution in [3.8, 4) is 0 Å². The number of carboxylic acids is 1. The molecule has 1 aliphatic rings. The van der Waals surface area contributed by atoms with Crippen molar-refractivity contribution in [3.63, 3.8) is 0 Å². The number of aromatic nitrogens is 2. The number of rotatable bonds is 4. The van der Waals surface area contributed by atoms with Gasteiger partial charge in [0.05, 0.1) is 11.6 Å². The third-order valence-electron chi connectivity index (χ3n) is 4.08. The van der Waals surface area contributed by atoms with E-state index in [0.717, 1.165) is 30.5 Å². The molecule has 1 fully saturated rings. The van der Waals surface area contributed by atoms with Gasteiger partial charge in [-0.3, -0.25) is 9.48 Å². The predicted molar refractivity (Wildman–Crippen MR) is 63.7 cm³/mol. The van der Waals surface area contributed by atoms with E-state index < -0.39 is 11.4 Å². The zero-order valence-electron chi connectivity index (χ0n) is 10.3. The Morgan fingerprint density at radius 2 is 2.35 bits per heavy atom. The maximum Gasteiger partial charge on any atom is 0.310 e. The van der Waals surface area contributed by atoms with Gasteiger partial charge in [-0.05, 0) is 25.3 Å². The fraction of sp³-hybridized carbons (Fsp3) is 0.667. The Morgan fingerprint density at radius 3 is 2.65 bits per heavy atom. The highest BCUT2D eigenvalue weighted by Crippen LogP contribution is 2.51. The minimum absolute atomic E-state index is 0.138. The van der Waals surface area contributed by atoms with E-state index in [0.29, 0.717) is 6.54 Å². The van der Waals surface area contributed by atoms with E-state index in [1.54, 1.807) is 10.9 Å². The molecule has 0 aliphatic heterocycles. The molecule has 1 aromatic rings. The molecule has 1 aliphatic carbocycles. The molecule has 5 nitrogen and oxygen atoms in total. The molecule has 1 heterocycles. The Kier molecular flexibility index (Phi) is 2.95. The van der Waals surface area contributed by atoms with Crippen molar-refractivity contribution in [1.82, 2.24) is 9.78 Å². The van der Waals surface area contributed by atoms with Crippen molar-refractivity contribution in [2.75, 3.05) is 6.54 Å². The molecule has 0 saturated heterocycles. The maximum atomic E-state index is 11.5.